The first kappa shape index (κ1) is 17.1. The van der Waals surface area contributed by atoms with Crippen LogP contribution in [-0.4, -0.2) is 19.9 Å². The van der Waals surface area contributed by atoms with Crippen LogP contribution < -0.4 is 0 Å². The van der Waals surface area contributed by atoms with Crippen molar-refractivity contribution in [3.8, 4) is 22.5 Å². The van der Waals surface area contributed by atoms with E-state index in [1.54, 1.807) is 25.4 Å². The Morgan fingerprint density at radius 3 is 2.33 bits per heavy atom. The second kappa shape index (κ2) is 6.15. The minimum Gasteiger partial charge on any atom is -0.338 e. The molecule has 0 bridgehead atoms. The number of hydrogen-bond acceptors (Lipinski definition) is 3. The van der Waals surface area contributed by atoms with Gasteiger partial charge in [-0.25, -0.2) is 19.3 Å². The van der Waals surface area contributed by atoms with Crippen LogP contribution in [0.4, 0.5) is 17.6 Å². The quantitative estimate of drug-likeness (QED) is 0.495. The maximum Gasteiger partial charge on any atom is 0.416 e. The van der Waals surface area contributed by atoms with Crippen molar-refractivity contribution in [3.63, 3.8) is 0 Å². The van der Waals surface area contributed by atoms with Crippen LogP contribution in [0.15, 0.2) is 48.8 Å². The Bertz CT molecular complexity index is 1130. The maximum absolute atomic E-state index is 14.6. The van der Waals surface area contributed by atoms with Crippen LogP contribution >= 0.6 is 0 Å². The van der Waals surface area contributed by atoms with Crippen molar-refractivity contribution in [1.29, 1.82) is 0 Å². The molecule has 4 aromatic rings. The lowest BCUT2D eigenvalue weighted by atomic mass is 10.1. The number of hydrogen-bond donors (Lipinski definition) is 1. The van der Waals surface area contributed by atoms with Gasteiger partial charge < -0.3 is 4.98 Å². The van der Waals surface area contributed by atoms with E-state index >= 15 is 0 Å². The van der Waals surface area contributed by atoms with Crippen molar-refractivity contribution in [2.75, 3.05) is 0 Å². The zero-order chi connectivity index (χ0) is 19.2. The van der Waals surface area contributed by atoms with Crippen molar-refractivity contribution in [2.24, 2.45) is 0 Å². The van der Waals surface area contributed by atoms with Crippen LogP contribution in [0.5, 0.6) is 0 Å². The molecule has 0 amide bonds. The zero-order valence-corrected chi connectivity index (χ0v) is 14.0. The highest BCUT2D eigenvalue weighted by atomic mass is 19.4. The summed E-state index contributed by atoms with van der Waals surface area (Å²) in [5.41, 5.74) is 1.14. The number of halogens is 4. The van der Waals surface area contributed by atoms with E-state index in [2.05, 4.69) is 19.9 Å². The Labute approximate surface area is 150 Å². The summed E-state index contributed by atoms with van der Waals surface area (Å²) >= 11 is 0. The van der Waals surface area contributed by atoms with Crippen LogP contribution in [0.25, 0.3) is 33.5 Å². The number of fused-ring (bicyclic) bond motifs is 1. The average molecular weight is 372 g/mol. The molecule has 2 heterocycles. The van der Waals surface area contributed by atoms with E-state index in [0.717, 1.165) is 12.1 Å². The van der Waals surface area contributed by atoms with Crippen LogP contribution in [0.1, 0.15) is 11.4 Å². The van der Waals surface area contributed by atoms with Crippen molar-refractivity contribution in [3.05, 3.63) is 66.0 Å². The molecule has 0 aliphatic carbocycles. The normalized spacial score (nSPS) is 11.9. The minimum absolute atomic E-state index is 0.161. The molecule has 0 radical (unpaired) electrons. The van der Waals surface area contributed by atoms with Gasteiger partial charge in [-0.15, -0.1) is 0 Å². The summed E-state index contributed by atoms with van der Waals surface area (Å²) in [7, 11) is 0. The number of aromatic amines is 1. The van der Waals surface area contributed by atoms with E-state index in [4.69, 9.17) is 0 Å². The molecule has 1 N–H and O–H groups in total. The number of nitrogens with zero attached hydrogens (tertiary/aromatic N) is 3. The second-order valence-electron chi connectivity index (χ2n) is 6.03. The molecule has 2 aromatic carbocycles. The van der Waals surface area contributed by atoms with E-state index in [9.17, 15) is 17.6 Å². The molecule has 0 spiro atoms. The molecule has 136 valence electrons. The topological polar surface area (TPSA) is 54.5 Å². The summed E-state index contributed by atoms with van der Waals surface area (Å²) in [6, 6.07) is 7.69. The predicted molar refractivity (Wildman–Crippen MR) is 92.3 cm³/mol. The van der Waals surface area contributed by atoms with E-state index in [-0.39, 0.29) is 16.9 Å². The minimum atomic E-state index is -4.46. The highest BCUT2D eigenvalue weighted by molar-refractivity contribution is 5.80. The molecule has 0 unspecified atom stereocenters. The van der Waals surface area contributed by atoms with Gasteiger partial charge in [0.25, 0.3) is 0 Å². The van der Waals surface area contributed by atoms with E-state index in [1.807, 2.05) is 0 Å². The first-order chi connectivity index (χ1) is 12.8. The summed E-state index contributed by atoms with van der Waals surface area (Å²) in [6.45, 7) is 1.75. The molecule has 0 saturated heterocycles. The molecule has 0 atom stereocenters. The first-order valence-electron chi connectivity index (χ1n) is 7.97. The van der Waals surface area contributed by atoms with Gasteiger partial charge in [-0.05, 0) is 42.8 Å². The summed E-state index contributed by atoms with van der Waals surface area (Å²) < 4.78 is 53.1. The van der Waals surface area contributed by atoms with E-state index in [1.165, 1.54) is 18.2 Å². The number of H-pyrrole nitrogens is 1. The van der Waals surface area contributed by atoms with E-state index < -0.39 is 17.6 Å². The molecular formula is C19H12F4N4. The van der Waals surface area contributed by atoms with Gasteiger partial charge in [0.1, 0.15) is 17.5 Å². The molecule has 0 aliphatic heterocycles. The molecule has 4 rings (SSSR count). The van der Waals surface area contributed by atoms with Gasteiger partial charge in [-0.1, -0.05) is 6.07 Å². The standard InChI is InChI=1S/C19H12F4N4/c1-10-24-8-12(9-25-10)11-2-4-14(15(20)6-11)18-26-16-5-3-13(19(21,22)23)7-17(16)27-18/h2-9H,1H3,(H,26,27). The van der Waals surface area contributed by atoms with Gasteiger partial charge >= 0.3 is 6.18 Å². The number of aromatic nitrogens is 4. The van der Waals surface area contributed by atoms with E-state index in [0.29, 0.717) is 22.5 Å². The Morgan fingerprint density at radius 1 is 0.926 bits per heavy atom. The molecule has 0 fully saturated rings. The van der Waals surface area contributed by atoms with Crippen molar-refractivity contribution >= 4 is 11.0 Å². The summed E-state index contributed by atoms with van der Waals surface area (Å²) in [5, 5.41) is 0. The third-order valence-corrected chi connectivity index (χ3v) is 4.15. The lowest BCUT2D eigenvalue weighted by Gasteiger charge is -2.05. The van der Waals surface area contributed by atoms with Crippen LogP contribution in [0.2, 0.25) is 0 Å². The van der Waals surface area contributed by atoms with Crippen LogP contribution in [0, 0.1) is 12.7 Å². The smallest absolute Gasteiger partial charge is 0.338 e. The van der Waals surface area contributed by atoms with Gasteiger partial charge in [0.2, 0.25) is 0 Å². The largest absolute Gasteiger partial charge is 0.416 e. The number of imidazole rings is 1. The molecule has 8 heteroatoms. The van der Waals surface area contributed by atoms with Crippen molar-refractivity contribution in [1.82, 2.24) is 19.9 Å². The molecular weight excluding hydrogens is 360 g/mol. The number of benzene rings is 2. The lowest BCUT2D eigenvalue weighted by Crippen LogP contribution is -2.04. The van der Waals surface area contributed by atoms with Gasteiger partial charge in [-0.2, -0.15) is 13.2 Å². The third kappa shape index (κ3) is 3.25. The molecule has 4 nitrogen and oxygen atoms in total. The number of alkyl halides is 3. The Hall–Kier alpha value is -3.29. The van der Waals surface area contributed by atoms with Crippen molar-refractivity contribution < 1.29 is 17.6 Å². The van der Waals surface area contributed by atoms with Crippen LogP contribution in [0.3, 0.4) is 0 Å². The Morgan fingerprint density at radius 2 is 1.67 bits per heavy atom. The van der Waals surface area contributed by atoms with Crippen molar-refractivity contribution in [2.45, 2.75) is 13.1 Å². The third-order valence-electron chi connectivity index (χ3n) is 4.15. The SMILES string of the molecule is Cc1ncc(-c2ccc(-c3nc4ccc(C(F)(F)F)cc4[nH]3)c(F)c2)cn1. The fraction of sp³-hybridized carbons (Fsp3) is 0.105. The summed E-state index contributed by atoms with van der Waals surface area (Å²) in [5.74, 6) is 0.216. The Kier molecular flexibility index (Phi) is 3.91. The first-order valence-corrected chi connectivity index (χ1v) is 7.97. The molecule has 27 heavy (non-hydrogen) atoms. The average Bonchev–Trinajstić information content (AvgIpc) is 3.04. The Balaban J connectivity index is 1.73. The number of rotatable bonds is 2. The highest BCUT2D eigenvalue weighted by Gasteiger charge is 2.30. The fourth-order valence-corrected chi connectivity index (χ4v) is 2.74. The monoisotopic (exact) mass is 372 g/mol. The summed E-state index contributed by atoms with van der Waals surface area (Å²) in [6.07, 6.45) is -1.27. The number of aryl methyl sites for hydroxylation is 1. The number of nitrogens with one attached hydrogen (secondary N) is 1. The fourth-order valence-electron chi connectivity index (χ4n) is 2.74. The molecule has 2 aromatic heterocycles. The lowest BCUT2D eigenvalue weighted by molar-refractivity contribution is -0.137. The van der Waals surface area contributed by atoms with Gasteiger partial charge in [0.05, 0.1) is 22.2 Å². The zero-order valence-electron chi connectivity index (χ0n) is 14.0. The molecule has 0 aliphatic rings. The van der Waals surface area contributed by atoms with Crippen LogP contribution in [-0.2, 0) is 6.18 Å². The predicted octanol–water partition coefficient (Wildman–Crippen LogP) is 5.15. The highest BCUT2D eigenvalue weighted by Crippen LogP contribution is 2.32. The van der Waals surface area contributed by atoms with Gasteiger partial charge in [0, 0.05) is 18.0 Å². The second-order valence-corrected chi connectivity index (χ2v) is 6.03. The summed E-state index contributed by atoms with van der Waals surface area (Å²) in [4.78, 5) is 15.1. The van der Waals surface area contributed by atoms with Gasteiger partial charge in [0.15, 0.2) is 0 Å². The molecule has 0 saturated carbocycles. The van der Waals surface area contributed by atoms with Gasteiger partial charge in [-0.3, -0.25) is 0 Å². The maximum atomic E-state index is 14.6.